The van der Waals surface area contributed by atoms with Gasteiger partial charge in [-0.1, -0.05) is 0 Å². The number of anilines is 2. The molecule has 2 heterocycles. The largest absolute Gasteiger partial charge is 0.497 e. The van der Waals surface area contributed by atoms with E-state index in [9.17, 15) is 23.1 Å². The third-order valence-electron chi connectivity index (χ3n) is 5.52. The average molecular weight is 547 g/mol. The maximum absolute atomic E-state index is 13.0. The van der Waals surface area contributed by atoms with Crippen LogP contribution in [0.3, 0.4) is 0 Å². The lowest BCUT2D eigenvalue weighted by atomic mass is 10.1. The van der Waals surface area contributed by atoms with Gasteiger partial charge in [0.05, 0.1) is 38.1 Å². The number of benzene rings is 1. The van der Waals surface area contributed by atoms with Crippen LogP contribution in [0.5, 0.6) is 5.75 Å². The molecule has 0 bridgehead atoms. The first-order valence-corrected chi connectivity index (χ1v) is 11.6. The molecule has 0 fully saturated rings. The fourth-order valence-electron chi connectivity index (χ4n) is 3.59. The van der Waals surface area contributed by atoms with E-state index in [-0.39, 0.29) is 45.4 Å². The Labute approximate surface area is 222 Å². The maximum atomic E-state index is 13.0. The average Bonchev–Trinajstić information content (AvgIpc) is 2.87. The van der Waals surface area contributed by atoms with Gasteiger partial charge in [0.2, 0.25) is 0 Å². The molecule has 3 rings (SSSR count). The SMILES string of the molecule is CNc1cc(OC)cc(-c2nc(-c3nc(C(C=NC[C@H](O)CC(F)(F)F)=C(C)N)cnc3N)cn(C)c2=O)c1. The molecule has 0 radical (unpaired) electrons. The fourth-order valence-corrected chi connectivity index (χ4v) is 3.59. The summed E-state index contributed by atoms with van der Waals surface area (Å²) < 4.78 is 44.1. The summed E-state index contributed by atoms with van der Waals surface area (Å²) in [4.78, 5) is 30.1. The highest BCUT2D eigenvalue weighted by atomic mass is 19.4. The monoisotopic (exact) mass is 546 g/mol. The topological polar surface area (TPSA) is 167 Å². The Bertz CT molecular complexity index is 1440. The first kappa shape index (κ1) is 29.1. The standard InChI is InChI=1S/C25H29F3N8O3/c1-13(29)18(10-32-9-16(37)8-25(26,27)28)19-11-33-23(30)22(34-19)20-12-36(3)24(38)21(35-20)14-5-15(31-2)7-17(6-14)39-4/h5-7,10-12,16,31,37H,8-9,29H2,1-4H3,(H2,30,33)/t16-/m1/s1. The molecule has 3 aromatic rings. The minimum absolute atomic E-state index is 0.0176. The molecule has 39 heavy (non-hydrogen) atoms. The molecule has 0 aliphatic heterocycles. The smallest absolute Gasteiger partial charge is 0.391 e. The quantitative estimate of drug-likeness (QED) is 0.295. The molecule has 0 aliphatic rings. The van der Waals surface area contributed by atoms with E-state index in [0.717, 1.165) is 0 Å². The van der Waals surface area contributed by atoms with E-state index >= 15 is 0 Å². The third-order valence-corrected chi connectivity index (χ3v) is 5.52. The number of aryl methyl sites for hydroxylation is 1. The van der Waals surface area contributed by atoms with Crippen LogP contribution in [0.1, 0.15) is 19.0 Å². The number of halogens is 3. The number of allylic oxidation sites excluding steroid dienone is 2. The molecule has 0 aliphatic carbocycles. The number of rotatable bonds is 9. The second-order valence-electron chi connectivity index (χ2n) is 8.64. The van der Waals surface area contributed by atoms with Crippen LogP contribution in [-0.2, 0) is 7.05 Å². The van der Waals surface area contributed by atoms with Gasteiger partial charge in [0.1, 0.15) is 22.8 Å². The lowest BCUT2D eigenvalue weighted by Gasteiger charge is -2.13. The van der Waals surface area contributed by atoms with Gasteiger partial charge in [-0.2, -0.15) is 13.2 Å². The van der Waals surface area contributed by atoms with Crippen molar-refractivity contribution < 1.29 is 23.0 Å². The van der Waals surface area contributed by atoms with Gasteiger partial charge in [-0.15, -0.1) is 0 Å². The van der Waals surface area contributed by atoms with E-state index in [4.69, 9.17) is 16.2 Å². The second kappa shape index (κ2) is 11.9. The number of aliphatic hydroxyl groups is 1. The minimum Gasteiger partial charge on any atom is -0.497 e. The highest BCUT2D eigenvalue weighted by Gasteiger charge is 2.30. The van der Waals surface area contributed by atoms with Crippen LogP contribution in [-0.4, -0.2) is 63.8 Å². The van der Waals surface area contributed by atoms with Crippen molar-refractivity contribution in [2.75, 3.05) is 31.8 Å². The maximum Gasteiger partial charge on any atom is 0.391 e. The number of ether oxygens (including phenoxy) is 1. The van der Waals surface area contributed by atoms with Crippen molar-refractivity contribution in [3.8, 4) is 28.4 Å². The number of nitrogens with zero attached hydrogens (tertiary/aromatic N) is 5. The number of aliphatic hydroxyl groups excluding tert-OH is 1. The first-order chi connectivity index (χ1) is 18.3. The van der Waals surface area contributed by atoms with Crippen molar-refractivity contribution in [1.29, 1.82) is 0 Å². The number of nitrogens with one attached hydrogen (secondary N) is 1. The molecule has 1 aromatic carbocycles. The molecule has 11 nitrogen and oxygen atoms in total. The molecule has 6 N–H and O–H groups in total. The predicted octanol–water partition coefficient (Wildman–Crippen LogP) is 2.61. The van der Waals surface area contributed by atoms with E-state index in [1.54, 1.807) is 39.2 Å². The molecule has 14 heteroatoms. The molecule has 208 valence electrons. The molecule has 0 spiro atoms. The lowest BCUT2D eigenvalue weighted by Crippen LogP contribution is -2.21. The number of aliphatic imine (C=N–C) groups is 1. The van der Waals surface area contributed by atoms with Gasteiger partial charge >= 0.3 is 6.18 Å². The molecule has 0 amide bonds. The van der Waals surface area contributed by atoms with Crippen molar-refractivity contribution in [2.45, 2.75) is 25.6 Å². The molecule has 0 unspecified atom stereocenters. The molecule has 0 saturated carbocycles. The molecular weight excluding hydrogens is 517 g/mol. The number of hydrogen-bond acceptors (Lipinski definition) is 10. The van der Waals surface area contributed by atoms with Crippen LogP contribution in [0.4, 0.5) is 24.7 Å². The summed E-state index contributed by atoms with van der Waals surface area (Å²) in [5.41, 5.74) is 14.1. The molecule has 1 atom stereocenters. The normalized spacial score (nSPS) is 13.3. The Morgan fingerprint density at radius 3 is 2.62 bits per heavy atom. The Balaban J connectivity index is 2.05. The highest BCUT2D eigenvalue weighted by molar-refractivity contribution is 6.10. The van der Waals surface area contributed by atoms with Crippen molar-refractivity contribution in [1.82, 2.24) is 19.5 Å². The van der Waals surface area contributed by atoms with Crippen molar-refractivity contribution in [3.63, 3.8) is 0 Å². The lowest BCUT2D eigenvalue weighted by molar-refractivity contribution is -0.152. The highest BCUT2D eigenvalue weighted by Crippen LogP contribution is 2.28. The molecule has 2 aromatic heterocycles. The predicted molar refractivity (Wildman–Crippen MR) is 143 cm³/mol. The summed E-state index contributed by atoms with van der Waals surface area (Å²) in [6, 6.07) is 5.17. The summed E-state index contributed by atoms with van der Waals surface area (Å²) in [7, 11) is 4.79. The zero-order valence-electron chi connectivity index (χ0n) is 21.7. The van der Waals surface area contributed by atoms with Gasteiger partial charge in [-0.25, -0.2) is 15.0 Å². The molecule has 0 saturated heterocycles. The van der Waals surface area contributed by atoms with Crippen LogP contribution < -0.4 is 27.1 Å². The summed E-state index contributed by atoms with van der Waals surface area (Å²) in [6.45, 7) is 1.06. The van der Waals surface area contributed by atoms with E-state index in [1.807, 2.05) is 0 Å². The Kier molecular flexibility index (Phi) is 8.91. The van der Waals surface area contributed by atoms with Crippen LogP contribution >= 0.6 is 0 Å². The Morgan fingerprint density at radius 1 is 1.28 bits per heavy atom. The van der Waals surface area contributed by atoms with Crippen LogP contribution in [0.2, 0.25) is 0 Å². The van der Waals surface area contributed by atoms with Gasteiger partial charge in [0, 0.05) is 55.1 Å². The third kappa shape index (κ3) is 7.31. The van der Waals surface area contributed by atoms with Gasteiger partial charge in [0.15, 0.2) is 5.82 Å². The van der Waals surface area contributed by atoms with E-state index in [2.05, 4.69) is 25.3 Å². The summed E-state index contributed by atoms with van der Waals surface area (Å²) >= 11 is 0. The van der Waals surface area contributed by atoms with Gasteiger partial charge in [0.25, 0.3) is 5.56 Å². The van der Waals surface area contributed by atoms with Gasteiger partial charge in [-0.3, -0.25) is 9.79 Å². The van der Waals surface area contributed by atoms with E-state index in [1.165, 1.54) is 30.3 Å². The molecular formula is C25H29F3N8O3. The van der Waals surface area contributed by atoms with Crippen LogP contribution in [0.25, 0.3) is 28.2 Å². The Morgan fingerprint density at radius 2 is 2.00 bits per heavy atom. The van der Waals surface area contributed by atoms with Gasteiger partial charge in [-0.05, 0) is 19.1 Å². The van der Waals surface area contributed by atoms with E-state index < -0.39 is 25.2 Å². The van der Waals surface area contributed by atoms with Gasteiger partial charge < -0.3 is 31.2 Å². The minimum atomic E-state index is -4.52. The second-order valence-corrected chi connectivity index (χ2v) is 8.64. The number of methoxy groups -OCH3 is 1. The zero-order chi connectivity index (χ0) is 28.9. The summed E-state index contributed by atoms with van der Waals surface area (Å²) in [5, 5.41) is 12.6. The summed E-state index contributed by atoms with van der Waals surface area (Å²) in [6.07, 6.45) is -3.62. The first-order valence-electron chi connectivity index (χ1n) is 11.6. The fraction of sp³-hybridized carbons (Fsp3) is 0.320. The number of aromatic nitrogens is 4. The van der Waals surface area contributed by atoms with Crippen LogP contribution in [0.15, 0.2) is 46.1 Å². The number of nitrogens with two attached hydrogens (primary N) is 2. The zero-order valence-corrected chi connectivity index (χ0v) is 21.7. The number of alkyl halides is 3. The summed E-state index contributed by atoms with van der Waals surface area (Å²) in [5.74, 6) is 0.532. The van der Waals surface area contributed by atoms with Crippen molar-refractivity contribution in [3.05, 3.63) is 52.3 Å². The Hall–Kier alpha value is -4.46. The van der Waals surface area contributed by atoms with Crippen molar-refractivity contribution >= 4 is 23.3 Å². The van der Waals surface area contributed by atoms with E-state index in [0.29, 0.717) is 17.0 Å². The van der Waals surface area contributed by atoms with Crippen molar-refractivity contribution in [2.24, 2.45) is 17.8 Å². The number of nitrogen functional groups attached to an aromatic ring is 1. The van der Waals surface area contributed by atoms with Crippen LogP contribution in [0, 0.1) is 0 Å². The number of hydrogen-bond donors (Lipinski definition) is 4.